The second kappa shape index (κ2) is 8.07. The summed E-state index contributed by atoms with van der Waals surface area (Å²) in [7, 11) is 4.43. The van der Waals surface area contributed by atoms with Crippen molar-refractivity contribution in [1.29, 1.82) is 0 Å². The monoisotopic (exact) mass is 376 g/mol. The summed E-state index contributed by atoms with van der Waals surface area (Å²) >= 11 is 0. The number of rotatable bonds is 7. The molecule has 5 amide bonds. The van der Waals surface area contributed by atoms with Crippen molar-refractivity contribution in [3.63, 3.8) is 0 Å². The van der Waals surface area contributed by atoms with Gasteiger partial charge < -0.3 is 20.3 Å². The molecule has 0 spiro atoms. The number of methoxy groups -OCH3 is 1. The Balaban J connectivity index is 2.11. The van der Waals surface area contributed by atoms with E-state index >= 15 is 0 Å². The van der Waals surface area contributed by atoms with Crippen LogP contribution in [0.3, 0.4) is 0 Å². The van der Waals surface area contributed by atoms with Gasteiger partial charge in [-0.25, -0.2) is 4.79 Å². The molecule has 2 rings (SSSR count). The van der Waals surface area contributed by atoms with Crippen LogP contribution in [0.5, 0.6) is 5.75 Å². The van der Waals surface area contributed by atoms with E-state index in [0.29, 0.717) is 5.75 Å². The van der Waals surface area contributed by atoms with Crippen LogP contribution in [0.25, 0.3) is 0 Å². The third-order valence-electron chi connectivity index (χ3n) is 4.46. The van der Waals surface area contributed by atoms with Crippen molar-refractivity contribution in [3.8, 4) is 5.75 Å². The predicted molar refractivity (Wildman–Crippen MR) is 97.1 cm³/mol. The van der Waals surface area contributed by atoms with Crippen LogP contribution in [0.15, 0.2) is 24.3 Å². The standard InChI is InChI=1S/C18H24N4O5/c1-18(9-12-7-5-6-8-13(12)27-4)16(25)22(17(26)20-18)11-15(24)21(3)10-14(23)19-2/h5-8H,9-11H2,1-4H3,(H,19,23)(H,20,26)/t18-/m0/s1. The highest BCUT2D eigenvalue weighted by atomic mass is 16.5. The van der Waals surface area contributed by atoms with Gasteiger partial charge in [-0.2, -0.15) is 0 Å². The molecule has 9 heteroatoms. The molecule has 1 aliphatic rings. The van der Waals surface area contributed by atoms with E-state index in [9.17, 15) is 19.2 Å². The Morgan fingerprint density at radius 3 is 2.59 bits per heavy atom. The fraction of sp³-hybridized carbons (Fsp3) is 0.444. The van der Waals surface area contributed by atoms with Gasteiger partial charge in [-0.05, 0) is 18.6 Å². The molecule has 1 aliphatic heterocycles. The topological polar surface area (TPSA) is 108 Å². The number of nitrogens with one attached hydrogen (secondary N) is 2. The summed E-state index contributed by atoms with van der Waals surface area (Å²) in [5.74, 6) is -0.742. The number of hydrogen-bond donors (Lipinski definition) is 2. The Labute approximate surface area is 157 Å². The first kappa shape index (κ1) is 20.2. The van der Waals surface area contributed by atoms with Crippen LogP contribution in [-0.4, -0.2) is 73.4 Å². The molecule has 146 valence electrons. The lowest BCUT2D eigenvalue weighted by atomic mass is 9.92. The van der Waals surface area contributed by atoms with Crippen molar-refractivity contribution in [3.05, 3.63) is 29.8 Å². The zero-order valence-electron chi connectivity index (χ0n) is 15.9. The largest absolute Gasteiger partial charge is 0.496 e. The molecule has 0 aliphatic carbocycles. The number of amides is 5. The minimum Gasteiger partial charge on any atom is -0.496 e. The van der Waals surface area contributed by atoms with Crippen molar-refractivity contribution in [2.75, 3.05) is 34.3 Å². The molecule has 0 radical (unpaired) electrons. The summed E-state index contributed by atoms with van der Waals surface area (Å²) in [5.41, 5.74) is -0.424. The zero-order chi connectivity index (χ0) is 20.2. The number of para-hydroxylation sites is 1. The molecule has 1 atom stereocenters. The Morgan fingerprint density at radius 1 is 1.30 bits per heavy atom. The molecule has 27 heavy (non-hydrogen) atoms. The quantitative estimate of drug-likeness (QED) is 0.638. The van der Waals surface area contributed by atoms with E-state index < -0.39 is 29.9 Å². The molecule has 1 fully saturated rings. The Morgan fingerprint density at radius 2 is 1.96 bits per heavy atom. The fourth-order valence-electron chi connectivity index (χ4n) is 2.88. The van der Waals surface area contributed by atoms with E-state index in [4.69, 9.17) is 4.74 Å². The van der Waals surface area contributed by atoms with Crippen molar-refractivity contribution in [1.82, 2.24) is 20.4 Å². The molecule has 1 saturated heterocycles. The van der Waals surface area contributed by atoms with Crippen molar-refractivity contribution >= 4 is 23.8 Å². The molecule has 2 N–H and O–H groups in total. The van der Waals surface area contributed by atoms with Gasteiger partial charge in [0.1, 0.15) is 17.8 Å². The van der Waals surface area contributed by atoms with Gasteiger partial charge in [0.05, 0.1) is 13.7 Å². The number of ether oxygens (including phenoxy) is 1. The second-order valence-electron chi connectivity index (χ2n) is 6.57. The van der Waals surface area contributed by atoms with Crippen LogP contribution in [0, 0.1) is 0 Å². The van der Waals surface area contributed by atoms with E-state index in [2.05, 4.69) is 10.6 Å². The lowest BCUT2D eigenvalue weighted by molar-refractivity contribution is -0.139. The van der Waals surface area contributed by atoms with Gasteiger partial charge in [0, 0.05) is 20.5 Å². The van der Waals surface area contributed by atoms with E-state index in [1.54, 1.807) is 13.0 Å². The van der Waals surface area contributed by atoms with Gasteiger partial charge in [-0.15, -0.1) is 0 Å². The highest BCUT2D eigenvalue weighted by Crippen LogP contribution is 2.27. The summed E-state index contributed by atoms with van der Waals surface area (Å²) in [6.07, 6.45) is 0.223. The highest BCUT2D eigenvalue weighted by Gasteiger charge is 2.48. The van der Waals surface area contributed by atoms with Crippen LogP contribution < -0.4 is 15.4 Å². The number of nitrogens with zero attached hydrogens (tertiary/aromatic N) is 2. The minimum atomic E-state index is -1.19. The molecule has 0 saturated carbocycles. The highest BCUT2D eigenvalue weighted by molar-refractivity contribution is 6.09. The first-order chi connectivity index (χ1) is 12.7. The normalized spacial score (nSPS) is 18.9. The molecular formula is C18H24N4O5. The lowest BCUT2D eigenvalue weighted by Crippen LogP contribution is -2.47. The molecule has 0 aromatic heterocycles. The maximum absolute atomic E-state index is 12.8. The third kappa shape index (κ3) is 4.36. The van der Waals surface area contributed by atoms with Crippen LogP contribution in [0.4, 0.5) is 4.79 Å². The molecule has 1 aromatic rings. The second-order valence-corrected chi connectivity index (χ2v) is 6.57. The summed E-state index contributed by atoms with van der Waals surface area (Å²) in [5, 5.41) is 5.07. The minimum absolute atomic E-state index is 0.155. The van der Waals surface area contributed by atoms with E-state index in [0.717, 1.165) is 15.4 Å². The van der Waals surface area contributed by atoms with Gasteiger partial charge in [-0.3, -0.25) is 19.3 Å². The van der Waals surface area contributed by atoms with Crippen molar-refractivity contribution in [2.24, 2.45) is 0 Å². The number of benzene rings is 1. The Hall–Kier alpha value is -3.10. The molecule has 1 heterocycles. The first-order valence-corrected chi connectivity index (χ1v) is 8.42. The van der Waals surface area contributed by atoms with Gasteiger partial charge >= 0.3 is 6.03 Å². The Kier molecular flexibility index (Phi) is 6.04. The van der Waals surface area contributed by atoms with E-state index in [1.807, 2.05) is 18.2 Å². The fourth-order valence-corrected chi connectivity index (χ4v) is 2.88. The summed E-state index contributed by atoms with van der Waals surface area (Å²) in [6.45, 7) is 1.02. The van der Waals surface area contributed by atoms with Gasteiger partial charge in [-0.1, -0.05) is 18.2 Å². The third-order valence-corrected chi connectivity index (χ3v) is 4.46. The number of carbonyl (C=O) groups is 4. The zero-order valence-corrected chi connectivity index (χ0v) is 15.9. The smallest absolute Gasteiger partial charge is 0.325 e. The Bertz CT molecular complexity index is 766. The number of carbonyl (C=O) groups excluding carboxylic acids is 4. The average molecular weight is 376 g/mol. The van der Waals surface area contributed by atoms with E-state index in [1.165, 1.54) is 21.2 Å². The van der Waals surface area contributed by atoms with Gasteiger partial charge in [0.25, 0.3) is 5.91 Å². The maximum atomic E-state index is 12.8. The lowest BCUT2D eigenvalue weighted by Gasteiger charge is -2.23. The van der Waals surface area contributed by atoms with Crippen LogP contribution >= 0.6 is 0 Å². The average Bonchev–Trinajstić information content (AvgIpc) is 2.84. The molecule has 9 nitrogen and oxygen atoms in total. The summed E-state index contributed by atoms with van der Waals surface area (Å²) in [4.78, 5) is 50.8. The van der Waals surface area contributed by atoms with Gasteiger partial charge in [0.2, 0.25) is 11.8 Å². The first-order valence-electron chi connectivity index (χ1n) is 8.42. The maximum Gasteiger partial charge on any atom is 0.325 e. The van der Waals surface area contributed by atoms with Crippen LogP contribution in [0.2, 0.25) is 0 Å². The number of hydrogen-bond acceptors (Lipinski definition) is 5. The number of likely N-dealkylation sites (N-methyl/N-ethyl adjacent to an activating group) is 2. The number of imide groups is 1. The van der Waals surface area contributed by atoms with E-state index in [-0.39, 0.29) is 18.9 Å². The molecular weight excluding hydrogens is 352 g/mol. The van der Waals surface area contributed by atoms with Crippen molar-refractivity contribution in [2.45, 2.75) is 18.9 Å². The molecule has 1 aromatic carbocycles. The summed E-state index contributed by atoms with van der Waals surface area (Å²) < 4.78 is 5.30. The van der Waals surface area contributed by atoms with Crippen LogP contribution in [-0.2, 0) is 20.8 Å². The molecule has 0 unspecified atom stereocenters. The van der Waals surface area contributed by atoms with Crippen molar-refractivity contribution < 1.29 is 23.9 Å². The SMILES string of the molecule is CNC(=O)CN(C)C(=O)CN1C(=O)N[C@@](C)(Cc2ccccc2OC)C1=O. The number of urea groups is 1. The predicted octanol–water partition coefficient (Wildman–Crippen LogP) is -0.247. The van der Waals surface area contributed by atoms with Crippen LogP contribution in [0.1, 0.15) is 12.5 Å². The molecule has 0 bridgehead atoms. The summed E-state index contributed by atoms with van der Waals surface area (Å²) in [6, 6.07) is 6.58. The van der Waals surface area contributed by atoms with Gasteiger partial charge in [0.15, 0.2) is 0 Å².